The van der Waals surface area contributed by atoms with E-state index in [4.69, 9.17) is 10.2 Å². The highest BCUT2D eigenvalue weighted by Crippen LogP contribution is 2.31. The number of nitrogens with zero attached hydrogens (tertiary/aromatic N) is 2. The molecule has 0 atom stereocenters. The van der Waals surface area contributed by atoms with Crippen LogP contribution in [0.5, 0.6) is 0 Å². The van der Waals surface area contributed by atoms with Crippen molar-refractivity contribution in [1.82, 2.24) is 4.98 Å². The van der Waals surface area contributed by atoms with Crippen LogP contribution in [0.1, 0.15) is 19.5 Å². The van der Waals surface area contributed by atoms with E-state index in [2.05, 4.69) is 23.7 Å². The van der Waals surface area contributed by atoms with Gasteiger partial charge in [0.1, 0.15) is 6.26 Å². The quantitative estimate of drug-likeness (QED) is 0.829. The topological polar surface area (TPSA) is 55.3 Å². The van der Waals surface area contributed by atoms with Gasteiger partial charge in [-0.25, -0.2) is 0 Å². The summed E-state index contributed by atoms with van der Waals surface area (Å²) in [7, 11) is 0. The third-order valence-corrected chi connectivity index (χ3v) is 3.74. The van der Waals surface area contributed by atoms with E-state index in [1.165, 1.54) is 0 Å². The molecule has 4 nitrogen and oxygen atoms in total. The molecule has 1 aliphatic rings. The molecule has 1 aromatic rings. The Bertz CT molecular complexity index is 337. The summed E-state index contributed by atoms with van der Waals surface area (Å²) in [5.41, 5.74) is 6.32. The molecule has 5 heteroatoms. The fourth-order valence-electron chi connectivity index (χ4n) is 1.72. The van der Waals surface area contributed by atoms with Crippen LogP contribution in [0.15, 0.2) is 10.7 Å². The summed E-state index contributed by atoms with van der Waals surface area (Å²) in [5.74, 6) is 1.12. The van der Waals surface area contributed by atoms with Gasteiger partial charge in [-0.2, -0.15) is 16.7 Å². The average Bonchev–Trinajstić information content (AvgIpc) is 2.64. The Morgan fingerprint density at radius 1 is 1.67 bits per heavy atom. The van der Waals surface area contributed by atoms with Crippen LogP contribution >= 0.6 is 11.8 Å². The number of thioether (sulfide) groups is 1. The fraction of sp³-hybridized carbons (Fsp3) is 0.700. The van der Waals surface area contributed by atoms with E-state index in [0.29, 0.717) is 12.6 Å². The molecule has 0 unspecified atom stereocenters. The van der Waals surface area contributed by atoms with E-state index in [9.17, 15) is 0 Å². The monoisotopic (exact) mass is 227 g/mol. The average molecular weight is 227 g/mol. The smallest absolute Gasteiger partial charge is 0.297 e. The molecule has 1 aromatic heterocycles. The fourth-order valence-corrected chi connectivity index (χ4v) is 2.83. The SMILES string of the molecule is CC1(C)CN(c2nc(CN)co2)CCS1. The van der Waals surface area contributed by atoms with Gasteiger partial charge in [-0.05, 0) is 13.8 Å². The molecule has 0 spiro atoms. The second kappa shape index (κ2) is 4.06. The van der Waals surface area contributed by atoms with Crippen LogP contribution in [0.2, 0.25) is 0 Å². The van der Waals surface area contributed by atoms with Gasteiger partial charge in [0.25, 0.3) is 6.01 Å². The third-order valence-electron chi connectivity index (χ3n) is 2.44. The van der Waals surface area contributed by atoms with Gasteiger partial charge in [0.05, 0.1) is 5.69 Å². The summed E-state index contributed by atoms with van der Waals surface area (Å²) in [5, 5.41) is 0. The first-order valence-electron chi connectivity index (χ1n) is 5.14. The lowest BCUT2D eigenvalue weighted by atomic mass is 10.2. The summed E-state index contributed by atoms with van der Waals surface area (Å²) in [6, 6.07) is 0.712. The van der Waals surface area contributed by atoms with Crippen molar-refractivity contribution in [3.05, 3.63) is 12.0 Å². The second-order valence-corrected chi connectivity index (χ2v) is 6.16. The molecule has 0 aromatic carbocycles. The Balaban J connectivity index is 2.10. The third kappa shape index (κ3) is 2.46. The standard InChI is InChI=1S/C10H17N3OS/c1-10(2)7-13(3-4-15-10)9-12-8(5-11)6-14-9/h6H,3-5,7,11H2,1-2H3. The maximum Gasteiger partial charge on any atom is 0.297 e. The van der Waals surface area contributed by atoms with Crippen molar-refractivity contribution in [3.8, 4) is 0 Å². The summed E-state index contributed by atoms with van der Waals surface area (Å²) in [4.78, 5) is 6.53. The van der Waals surface area contributed by atoms with Crippen LogP contribution in [0, 0.1) is 0 Å². The van der Waals surface area contributed by atoms with Crippen molar-refractivity contribution in [1.29, 1.82) is 0 Å². The van der Waals surface area contributed by atoms with E-state index >= 15 is 0 Å². The van der Waals surface area contributed by atoms with Crippen LogP contribution in [0.4, 0.5) is 6.01 Å². The number of oxazole rings is 1. The van der Waals surface area contributed by atoms with Crippen LogP contribution in [-0.4, -0.2) is 28.6 Å². The lowest BCUT2D eigenvalue weighted by Crippen LogP contribution is -2.43. The van der Waals surface area contributed by atoms with E-state index in [0.717, 1.165) is 24.5 Å². The molecule has 0 radical (unpaired) electrons. The summed E-state index contributed by atoms with van der Waals surface area (Å²) >= 11 is 2.00. The number of hydrogen-bond acceptors (Lipinski definition) is 5. The Kier molecular flexibility index (Phi) is 2.93. The van der Waals surface area contributed by atoms with Crippen LogP contribution in [-0.2, 0) is 6.54 Å². The van der Waals surface area contributed by atoms with Crippen molar-refractivity contribution in [2.75, 3.05) is 23.7 Å². The van der Waals surface area contributed by atoms with Crippen LogP contribution in [0.25, 0.3) is 0 Å². The van der Waals surface area contributed by atoms with E-state index in [1.54, 1.807) is 6.26 Å². The minimum absolute atomic E-state index is 0.273. The van der Waals surface area contributed by atoms with Gasteiger partial charge < -0.3 is 15.1 Å². The normalized spacial score (nSPS) is 20.6. The van der Waals surface area contributed by atoms with Crippen molar-refractivity contribution in [3.63, 3.8) is 0 Å². The van der Waals surface area contributed by atoms with E-state index in [1.807, 2.05) is 11.8 Å². The molecule has 2 N–H and O–H groups in total. The molecule has 2 heterocycles. The predicted molar refractivity (Wildman–Crippen MR) is 63.1 cm³/mol. The second-order valence-electron chi connectivity index (χ2n) is 4.36. The molecule has 0 amide bonds. The van der Waals surface area contributed by atoms with Crippen molar-refractivity contribution < 1.29 is 4.42 Å². The number of rotatable bonds is 2. The van der Waals surface area contributed by atoms with Crippen molar-refractivity contribution in [2.45, 2.75) is 25.1 Å². The van der Waals surface area contributed by atoms with Crippen molar-refractivity contribution >= 4 is 17.8 Å². The van der Waals surface area contributed by atoms with Gasteiger partial charge in [0.15, 0.2) is 0 Å². The number of aromatic nitrogens is 1. The molecule has 15 heavy (non-hydrogen) atoms. The Morgan fingerprint density at radius 2 is 2.47 bits per heavy atom. The molecule has 0 bridgehead atoms. The first-order valence-corrected chi connectivity index (χ1v) is 6.13. The predicted octanol–water partition coefficient (Wildman–Crippen LogP) is 1.47. The first-order chi connectivity index (χ1) is 7.11. The highest BCUT2D eigenvalue weighted by atomic mass is 32.2. The van der Waals surface area contributed by atoms with E-state index < -0.39 is 0 Å². The van der Waals surface area contributed by atoms with Crippen molar-refractivity contribution in [2.24, 2.45) is 5.73 Å². The Morgan fingerprint density at radius 3 is 3.07 bits per heavy atom. The molecular formula is C10H17N3OS. The van der Waals surface area contributed by atoms with Gasteiger partial charge in [0.2, 0.25) is 0 Å². The molecular weight excluding hydrogens is 210 g/mol. The minimum Gasteiger partial charge on any atom is -0.432 e. The maximum atomic E-state index is 5.50. The first kappa shape index (κ1) is 10.8. The Hall–Kier alpha value is -0.680. The zero-order chi connectivity index (χ0) is 10.9. The molecule has 0 saturated carbocycles. The highest BCUT2D eigenvalue weighted by Gasteiger charge is 2.29. The molecule has 2 rings (SSSR count). The van der Waals surface area contributed by atoms with Gasteiger partial charge in [-0.15, -0.1) is 0 Å². The molecule has 1 saturated heterocycles. The molecule has 0 aliphatic carbocycles. The number of nitrogens with two attached hydrogens (primary N) is 1. The summed E-state index contributed by atoms with van der Waals surface area (Å²) in [6.07, 6.45) is 1.64. The van der Waals surface area contributed by atoms with Crippen LogP contribution in [0.3, 0.4) is 0 Å². The molecule has 84 valence electrons. The molecule has 1 fully saturated rings. The van der Waals surface area contributed by atoms with Crippen LogP contribution < -0.4 is 10.6 Å². The van der Waals surface area contributed by atoms with Gasteiger partial charge in [-0.1, -0.05) is 0 Å². The maximum absolute atomic E-state index is 5.50. The lowest BCUT2D eigenvalue weighted by Gasteiger charge is -2.36. The number of hydrogen-bond donors (Lipinski definition) is 1. The highest BCUT2D eigenvalue weighted by molar-refractivity contribution is 8.00. The largest absolute Gasteiger partial charge is 0.432 e. The summed E-state index contributed by atoms with van der Waals surface area (Å²) in [6.45, 7) is 6.91. The number of anilines is 1. The molecule has 1 aliphatic heterocycles. The summed E-state index contributed by atoms with van der Waals surface area (Å²) < 4.78 is 5.69. The lowest BCUT2D eigenvalue weighted by molar-refractivity contribution is 0.516. The van der Waals surface area contributed by atoms with Gasteiger partial charge in [0, 0.05) is 30.1 Å². The van der Waals surface area contributed by atoms with E-state index in [-0.39, 0.29) is 4.75 Å². The zero-order valence-corrected chi connectivity index (χ0v) is 10.0. The minimum atomic E-state index is 0.273. The zero-order valence-electron chi connectivity index (χ0n) is 9.19. The van der Waals surface area contributed by atoms with Gasteiger partial charge >= 0.3 is 0 Å². The Labute approximate surface area is 94.2 Å². The van der Waals surface area contributed by atoms with Gasteiger partial charge in [-0.3, -0.25) is 0 Å².